The fraction of sp³-hybridized carbons (Fsp3) is 0.231. The van der Waals surface area contributed by atoms with Crippen LogP contribution in [0.1, 0.15) is 21.1 Å². The Labute approximate surface area is 116 Å². The Hall–Kier alpha value is -1.89. The fourth-order valence-electron chi connectivity index (χ4n) is 1.66. The van der Waals surface area contributed by atoms with Gasteiger partial charge in [0.1, 0.15) is 4.88 Å². The topological polar surface area (TPSA) is 50.2 Å². The van der Waals surface area contributed by atoms with E-state index in [4.69, 9.17) is 5.11 Å². The van der Waals surface area contributed by atoms with Crippen LogP contribution in [0, 0.1) is 0 Å². The van der Waals surface area contributed by atoms with E-state index in [9.17, 15) is 18.0 Å². The van der Waals surface area contributed by atoms with Crippen LogP contribution in [-0.2, 0) is 6.42 Å². The van der Waals surface area contributed by atoms with E-state index in [1.54, 1.807) is 30.3 Å². The van der Waals surface area contributed by atoms with Crippen molar-refractivity contribution < 1.29 is 23.1 Å². The molecule has 1 N–H and O–H groups in total. The first-order chi connectivity index (χ1) is 9.37. The SMILES string of the molecule is O=C(O)c1sc(CCC(F)(F)F)nc1-c1ccccc1. The lowest BCUT2D eigenvalue weighted by Crippen LogP contribution is -2.08. The third kappa shape index (κ3) is 3.57. The molecule has 0 aliphatic carbocycles. The zero-order chi connectivity index (χ0) is 14.8. The Balaban J connectivity index is 2.32. The minimum atomic E-state index is -4.28. The Kier molecular flexibility index (Phi) is 4.08. The largest absolute Gasteiger partial charge is 0.477 e. The fourth-order valence-corrected chi connectivity index (χ4v) is 2.58. The van der Waals surface area contributed by atoms with Gasteiger partial charge in [0.25, 0.3) is 0 Å². The molecule has 3 nitrogen and oxygen atoms in total. The van der Waals surface area contributed by atoms with Crippen LogP contribution >= 0.6 is 11.3 Å². The molecule has 0 unspecified atom stereocenters. The summed E-state index contributed by atoms with van der Waals surface area (Å²) < 4.78 is 36.6. The van der Waals surface area contributed by atoms with Crippen molar-refractivity contribution in [2.24, 2.45) is 0 Å². The molecule has 0 amide bonds. The number of nitrogens with zero attached hydrogens (tertiary/aromatic N) is 1. The molecule has 0 spiro atoms. The smallest absolute Gasteiger partial charge is 0.389 e. The average molecular weight is 301 g/mol. The van der Waals surface area contributed by atoms with E-state index in [2.05, 4.69) is 4.98 Å². The molecule has 7 heteroatoms. The van der Waals surface area contributed by atoms with Gasteiger partial charge in [0.2, 0.25) is 0 Å². The van der Waals surface area contributed by atoms with Gasteiger partial charge in [-0.2, -0.15) is 13.2 Å². The van der Waals surface area contributed by atoms with Crippen LogP contribution in [0.3, 0.4) is 0 Å². The zero-order valence-corrected chi connectivity index (χ0v) is 11.0. The van der Waals surface area contributed by atoms with Crippen LogP contribution in [-0.4, -0.2) is 22.2 Å². The van der Waals surface area contributed by atoms with Gasteiger partial charge >= 0.3 is 12.1 Å². The number of alkyl halides is 3. The van der Waals surface area contributed by atoms with Gasteiger partial charge in [-0.1, -0.05) is 30.3 Å². The van der Waals surface area contributed by atoms with Crippen molar-refractivity contribution in [2.75, 3.05) is 0 Å². The molecule has 0 aliphatic heterocycles. The molecule has 1 aromatic heterocycles. The van der Waals surface area contributed by atoms with Crippen LogP contribution in [0.5, 0.6) is 0 Å². The molecule has 0 aliphatic rings. The zero-order valence-electron chi connectivity index (χ0n) is 10.1. The van der Waals surface area contributed by atoms with Crippen LogP contribution < -0.4 is 0 Å². The molecule has 0 saturated heterocycles. The molecule has 0 atom stereocenters. The second-order valence-corrected chi connectivity index (χ2v) is 5.16. The lowest BCUT2D eigenvalue weighted by molar-refractivity contribution is -0.134. The highest BCUT2D eigenvalue weighted by Gasteiger charge is 2.28. The normalized spacial score (nSPS) is 11.6. The monoisotopic (exact) mass is 301 g/mol. The molecule has 106 valence electrons. The minimum absolute atomic E-state index is 0.0339. The quantitative estimate of drug-likeness (QED) is 0.928. The molecule has 2 aromatic rings. The van der Waals surface area contributed by atoms with Crippen molar-refractivity contribution in [3.05, 3.63) is 40.2 Å². The summed E-state index contributed by atoms with van der Waals surface area (Å²) in [5.74, 6) is -1.18. The molecule has 2 rings (SSSR count). The standard InChI is InChI=1S/C13H10F3NO2S/c14-13(15,16)7-6-9-17-10(11(20-9)12(18)19)8-4-2-1-3-5-8/h1-5H,6-7H2,(H,18,19). The molecular weight excluding hydrogens is 291 g/mol. The third-order valence-electron chi connectivity index (χ3n) is 2.54. The molecule has 0 saturated carbocycles. The summed E-state index contributed by atoms with van der Waals surface area (Å²) >= 11 is 0.792. The predicted molar refractivity (Wildman–Crippen MR) is 68.9 cm³/mol. The molecular formula is C13H10F3NO2S. The number of thiazole rings is 1. The first-order valence-corrected chi connectivity index (χ1v) is 6.53. The number of benzene rings is 1. The summed E-state index contributed by atoms with van der Waals surface area (Å²) in [6.45, 7) is 0. The molecule has 1 heterocycles. The van der Waals surface area contributed by atoms with Crippen molar-refractivity contribution in [3.63, 3.8) is 0 Å². The van der Waals surface area contributed by atoms with Crippen molar-refractivity contribution in [2.45, 2.75) is 19.0 Å². The van der Waals surface area contributed by atoms with Gasteiger partial charge in [-0.3, -0.25) is 0 Å². The lowest BCUT2D eigenvalue weighted by atomic mass is 10.1. The Morgan fingerprint density at radius 1 is 1.25 bits per heavy atom. The summed E-state index contributed by atoms with van der Waals surface area (Å²) in [5.41, 5.74) is 0.805. The predicted octanol–water partition coefficient (Wildman–Crippen LogP) is 4.00. The van der Waals surface area contributed by atoms with E-state index in [0.717, 1.165) is 11.3 Å². The second kappa shape index (κ2) is 5.62. The van der Waals surface area contributed by atoms with Crippen molar-refractivity contribution in [3.8, 4) is 11.3 Å². The van der Waals surface area contributed by atoms with Crippen LogP contribution in [0.15, 0.2) is 30.3 Å². The summed E-state index contributed by atoms with van der Waals surface area (Å²) in [7, 11) is 0. The Morgan fingerprint density at radius 2 is 1.90 bits per heavy atom. The maximum Gasteiger partial charge on any atom is 0.389 e. The highest BCUT2D eigenvalue weighted by atomic mass is 32.1. The number of carboxylic acids is 1. The molecule has 0 radical (unpaired) electrons. The highest BCUT2D eigenvalue weighted by Crippen LogP contribution is 2.30. The number of carboxylic acid groups (broad SMARTS) is 1. The van der Waals surface area contributed by atoms with Crippen LogP contribution in [0.25, 0.3) is 11.3 Å². The van der Waals surface area contributed by atoms with E-state index in [1.807, 2.05) is 0 Å². The maximum absolute atomic E-state index is 12.2. The first-order valence-electron chi connectivity index (χ1n) is 5.72. The van der Waals surface area contributed by atoms with Gasteiger partial charge in [0.05, 0.1) is 10.7 Å². The number of halogens is 3. The van der Waals surface area contributed by atoms with Gasteiger partial charge in [-0.15, -0.1) is 11.3 Å². The number of rotatable bonds is 4. The van der Waals surface area contributed by atoms with E-state index in [0.29, 0.717) is 5.56 Å². The lowest BCUT2D eigenvalue weighted by Gasteiger charge is -2.02. The van der Waals surface area contributed by atoms with Gasteiger partial charge < -0.3 is 5.11 Å². The van der Waals surface area contributed by atoms with Crippen molar-refractivity contribution in [1.82, 2.24) is 4.98 Å². The molecule has 0 fully saturated rings. The number of aromatic carboxylic acids is 1. The Bertz CT molecular complexity index is 608. The van der Waals surface area contributed by atoms with Gasteiger partial charge in [-0.05, 0) is 0 Å². The Morgan fingerprint density at radius 3 is 2.45 bits per heavy atom. The van der Waals surface area contributed by atoms with Crippen molar-refractivity contribution >= 4 is 17.3 Å². The minimum Gasteiger partial charge on any atom is -0.477 e. The summed E-state index contributed by atoms with van der Waals surface area (Å²) in [5, 5.41) is 9.30. The highest BCUT2D eigenvalue weighted by molar-refractivity contribution is 7.14. The number of hydrogen-bond donors (Lipinski definition) is 1. The number of aryl methyl sites for hydroxylation is 1. The number of hydrogen-bond acceptors (Lipinski definition) is 3. The van der Waals surface area contributed by atoms with E-state index in [-0.39, 0.29) is 22.0 Å². The van der Waals surface area contributed by atoms with Gasteiger partial charge in [0, 0.05) is 18.4 Å². The summed E-state index contributed by atoms with van der Waals surface area (Å²) in [6.07, 6.45) is -5.59. The summed E-state index contributed by atoms with van der Waals surface area (Å²) in [4.78, 5) is 15.2. The maximum atomic E-state index is 12.2. The third-order valence-corrected chi connectivity index (χ3v) is 3.64. The average Bonchev–Trinajstić information content (AvgIpc) is 2.81. The van der Waals surface area contributed by atoms with E-state index >= 15 is 0 Å². The van der Waals surface area contributed by atoms with Gasteiger partial charge in [0.15, 0.2) is 0 Å². The summed E-state index contributed by atoms with van der Waals surface area (Å²) in [6, 6.07) is 8.55. The second-order valence-electron chi connectivity index (χ2n) is 4.07. The number of aromatic nitrogens is 1. The van der Waals surface area contributed by atoms with Gasteiger partial charge in [-0.25, -0.2) is 9.78 Å². The van der Waals surface area contributed by atoms with Crippen LogP contribution in [0.2, 0.25) is 0 Å². The molecule has 0 bridgehead atoms. The number of carbonyl (C=O) groups is 1. The first kappa shape index (κ1) is 14.5. The van der Waals surface area contributed by atoms with Crippen LogP contribution in [0.4, 0.5) is 13.2 Å². The van der Waals surface area contributed by atoms with Crippen molar-refractivity contribution in [1.29, 1.82) is 0 Å². The molecule has 20 heavy (non-hydrogen) atoms. The van der Waals surface area contributed by atoms with E-state index < -0.39 is 18.6 Å². The molecule has 1 aromatic carbocycles. The van der Waals surface area contributed by atoms with E-state index in [1.165, 1.54) is 0 Å².